The SMILES string of the molecule is C=CCn1c(=O)c2cnc(NC3=CC=C(N4CC5CC4CN5)C=CC3)nc2n1-c1cccc(C(C)(C)O)n1. The standard InChI is InChI=1S/C28H32N8O2/c1-4-13-35-26(37)22-16-30-27(33-25(22)36(35)24-10-6-9-23(32-24)28(2,3)38)31-18-7-5-8-20(12-11-18)34-17-19-14-21(34)15-29-19/h4-6,8-12,16,19,21,29,38H,1,7,13-15,17H2,2-3H3,(H,30,31,33). The van der Waals surface area contributed by atoms with Gasteiger partial charge in [-0.15, -0.1) is 6.58 Å². The number of rotatable bonds is 7. The number of pyridine rings is 1. The molecule has 2 fully saturated rings. The third kappa shape index (κ3) is 4.35. The molecule has 6 rings (SSSR count). The van der Waals surface area contributed by atoms with E-state index in [1.165, 1.54) is 16.8 Å². The average molecular weight is 513 g/mol. The molecule has 5 heterocycles. The highest BCUT2D eigenvalue weighted by Gasteiger charge is 2.37. The fourth-order valence-electron chi connectivity index (χ4n) is 5.41. The molecule has 10 nitrogen and oxygen atoms in total. The van der Waals surface area contributed by atoms with Crippen LogP contribution < -0.4 is 16.2 Å². The quantitative estimate of drug-likeness (QED) is 0.414. The second-order valence-corrected chi connectivity index (χ2v) is 10.5. The van der Waals surface area contributed by atoms with Crippen LogP contribution in [0.4, 0.5) is 5.95 Å². The second kappa shape index (κ2) is 9.38. The second-order valence-electron chi connectivity index (χ2n) is 10.5. The molecule has 2 aliphatic heterocycles. The molecule has 38 heavy (non-hydrogen) atoms. The molecule has 2 unspecified atom stereocenters. The van der Waals surface area contributed by atoms with Gasteiger partial charge in [-0.3, -0.25) is 4.79 Å². The summed E-state index contributed by atoms with van der Waals surface area (Å²) in [5.74, 6) is 0.864. The van der Waals surface area contributed by atoms with Crippen molar-refractivity contribution in [3.8, 4) is 5.82 Å². The highest BCUT2D eigenvalue weighted by atomic mass is 16.3. The molecule has 2 bridgehead atoms. The number of hydrogen-bond acceptors (Lipinski definition) is 8. The van der Waals surface area contributed by atoms with Crippen molar-refractivity contribution in [3.63, 3.8) is 0 Å². The molecule has 0 saturated carbocycles. The van der Waals surface area contributed by atoms with E-state index in [9.17, 15) is 9.90 Å². The van der Waals surface area contributed by atoms with Crippen molar-refractivity contribution >= 4 is 17.0 Å². The molecule has 3 N–H and O–H groups in total. The summed E-state index contributed by atoms with van der Waals surface area (Å²) in [6, 6.07) is 6.49. The number of hydrogen-bond donors (Lipinski definition) is 3. The summed E-state index contributed by atoms with van der Waals surface area (Å²) in [6.07, 6.45) is 13.7. The predicted molar refractivity (Wildman–Crippen MR) is 147 cm³/mol. The summed E-state index contributed by atoms with van der Waals surface area (Å²) in [4.78, 5) is 29.5. The van der Waals surface area contributed by atoms with Crippen LogP contribution in [0.2, 0.25) is 0 Å². The lowest BCUT2D eigenvalue weighted by atomic mass is 10.1. The zero-order valence-electron chi connectivity index (χ0n) is 21.6. The maximum atomic E-state index is 13.2. The highest BCUT2D eigenvalue weighted by molar-refractivity contribution is 5.76. The molecule has 3 aromatic heterocycles. The van der Waals surface area contributed by atoms with E-state index in [2.05, 4.69) is 56.4 Å². The fourth-order valence-corrected chi connectivity index (χ4v) is 5.41. The van der Waals surface area contributed by atoms with Gasteiger partial charge in [0.2, 0.25) is 5.95 Å². The Morgan fingerprint density at radius 2 is 2.16 bits per heavy atom. The molecule has 3 aromatic rings. The molecule has 1 aliphatic carbocycles. The summed E-state index contributed by atoms with van der Waals surface area (Å²) in [7, 11) is 0. The fraction of sp³-hybridized carbons (Fsp3) is 0.357. The Morgan fingerprint density at radius 1 is 1.29 bits per heavy atom. The van der Waals surface area contributed by atoms with Crippen molar-refractivity contribution < 1.29 is 5.11 Å². The van der Waals surface area contributed by atoms with Crippen LogP contribution in [0.25, 0.3) is 16.9 Å². The van der Waals surface area contributed by atoms with Gasteiger partial charge in [0.1, 0.15) is 11.0 Å². The minimum absolute atomic E-state index is 0.236. The van der Waals surface area contributed by atoms with Crippen LogP contribution in [0.5, 0.6) is 0 Å². The Labute approximate surface area is 220 Å². The van der Waals surface area contributed by atoms with Gasteiger partial charge in [-0.05, 0) is 50.6 Å². The Morgan fingerprint density at radius 3 is 2.89 bits per heavy atom. The molecule has 0 amide bonds. The van der Waals surface area contributed by atoms with Gasteiger partial charge < -0.3 is 20.6 Å². The first-order valence-corrected chi connectivity index (χ1v) is 13.0. The number of nitrogens with one attached hydrogen (secondary N) is 2. The van der Waals surface area contributed by atoms with Crippen LogP contribution >= 0.6 is 0 Å². The lowest BCUT2D eigenvalue weighted by Crippen LogP contribution is -2.42. The maximum absolute atomic E-state index is 13.2. The van der Waals surface area contributed by atoms with Crippen molar-refractivity contribution in [2.24, 2.45) is 0 Å². The zero-order valence-corrected chi connectivity index (χ0v) is 21.6. The van der Waals surface area contributed by atoms with E-state index in [1.54, 1.807) is 49.0 Å². The van der Waals surface area contributed by atoms with Crippen molar-refractivity contribution in [1.29, 1.82) is 0 Å². The first-order valence-electron chi connectivity index (χ1n) is 13.0. The molecule has 196 valence electrons. The number of allylic oxidation sites excluding steroid dienone is 5. The van der Waals surface area contributed by atoms with Crippen molar-refractivity contribution in [2.45, 2.75) is 50.9 Å². The number of aliphatic hydroxyl groups is 1. The first-order chi connectivity index (χ1) is 18.3. The van der Waals surface area contributed by atoms with Gasteiger partial charge in [-0.1, -0.05) is 18.2 Å². The van der Waals surface area contributed by atoms with Crippen LogP contribution in [0.15, 0.2) is 77.5 Å². The summed E-state index contributed by atoms with van der Waals surface area (Å²) in [6.45, 7) is 9.50. The predicted octanol–water partition coefficient (Wildman–Crippen LogP) is 2.58. The zero-order chi connectivity index (χ0) is 26.4. The molecule has 3 aliphatic rings. The van der Waals surface area contributed by atoms with Crippen LogP contribution in [0.1, 0.15) is 32.4 Å². The van der Waals surface area contributed by atoms with Gasteiger partial charge in [0.15, 0.2) is 11.5 Å². The Hall–Kier alpha value is -4.02. The molecule has 0 radical (unpaired) electrons. The van der Waals surface area contributed by atoms with Crippen molar-refractivity contribution in [2.75, 3.05) is 18.4 Å². The van der Waals surface area contributed by atoms with Crippen LogP contribution in [-0.4, -0.2) is 59.5 Å². The minimum Gasteiger partial charge on any atom is -0.384 e. The smallest absolute Gasteiger partial charge is 0.278 e. The van der Waals surface area contributed by atoms with E-state index in [1.807, 2.05) is 0 Å². The highest BCUT2D eigenvalue weighted by Crippen LogP contribution is 2.29. The average Bonchev–Trinajstić information content (AvgIpc) is 3.54. The van der Waals surface area contributed by atoms with Crippen molar-refractivity contribution in [3.05, 3.63) is 88.8 Å². The summed E-state index contributed by atoms with van der Waals surface area (Å²) in [5, 5.41) is 17.8. The van der Waals surface area contributed by atoms with Crippen LogP contribution in [0.3, 0.4) is 0 Å². The van der Waals surface area contributed by atoms with Crippen LogP contribution in [0, 0.1) is 0 Å². The number of nitrogens with zero attached hydrogens (tertiary/aromatic N) is 6. The van der Waals surface area contributed by atoms with Gasteiger partial charge >= 0.3 is 0 Å². The van der Waals surface area contributed by atoms with Gasteiger partial charge in [0, 0.05) is 49.2 Å². The molecule has 10 heteroatoms. The van der Waals surface area contributed by atoms with Gasteiger partial charge in [0.05, 0.1) is 12.2 Å². The number of likely N-dealkylation sites (tertiary alicyclic amines) is 1. The van der Waals surface area contributed by atoms with E-state index < -0.39 is 5.60 Å². The van der Waals surface area contributed by atoms with E-state index >= 15 is 0 Å². The number of fused-ring (bicyclic) bond motifs is 3. The largest absolute Gasteiger partial charge is 0.384 e. The van der Waals surface area contributed by atoms with E-state index in [-0.39, 0.29) is 12.1 Å². The summed E-state index contributed by atoms with van der Waals surface area (Å²) < 4.78 is 3.19. The third-order valence-corrected chi connectivity index (χ3v) is 7.30. The van der Waals surface area contributed by atoms with Gasteiger partial charge in [-0.2, -0.15) is 4.98 Å². The first kappa shape index (κ1) is 24.3. The Bertz CT molecular complexity index is 1560. The Balaban J connectivity index is 1.36. The summed E-state index contributed by atoms with van der Waals surface area (Å²) in [5.41, 5.74) is 1.72. The van der Waals surface area contributed by atoms with Crippen molar-refractivity contribution in [1.82, 2.24) is 34.5 Å². The molecule has 0 aromatic carbocycles. The molecule has 2 saturated heterocycles. The topological polar surface area (TPSA) is 113 Å². The van der Waals surface area contributed by atoms with E-state index in [0.29, 0.717) is 47.0 Å². The molecular formula is C28H32N8O2. The third-order valence-electron chi connectivity index (χ3n) is 7.30. The van der Waals surface area contributed by atoms with Gasteiger partial charge in [0.25, 0.3) is 5.56 Å². The van der Waals surface area contributed by atoms with E-state index in [0.717, 1.165) is 18.8 Å². The van der Waals surface area contributed by atoms with Gasteiger partial charge in [-0.25, -0.2) is 19.3 Å². The van der Waals surface area contributed by atoms with E-state index in [4.69, 9.17) is 4.98 Å². The lowest BCUT2D eigenvalue weighted by Gasteiger charge is -2.30. The minimum atomic E-state index is -1.14. The lowest BCUT2D eigenvalue weighted by molar-refractivity contribution is 0.0738. The monoisotopic (exact) mass is 512 g/mol. The molecule has 2 atom stereocenters. The normalized spacial score (nSPS) is 21.0. The molecule has 0 spiro atoms. The maximum Gasteiger partial charge on any atom is 0.278 e. The number of anilines is 1. The summed E-state index contributed by atoms with van der Waals surface area (Å²) >= 11 is 0. The van der Waals surface area contributed by atoms with Crippen LogP contribution in [-0.2, 0) is 12.1 Å². The molecular weight excluding hydrogens is 480 g/mol. The number of piperazine rings is 1. The Kier molecular flexibility index (Phi) is 6.00. The number of aromatic nitrogens is 5.